The Bertz CT molecular complexity index is 563. The van der Waals surface area contributed by atoms with Gasteiger partial charge in [0.25, 0.3) is 5.91 Å². The predicted molar refractivity (Wildman–Crippen MR) is 78.0 cm³/mol. The zero-order chi connectivity index (χ0) is 15.7. The number of hydrogen-bond donors (Lipinski definition) is 0. The first kappa shape index (κ1) is 14.9. The van der Waals surface area contributed by atoms with Crippen LogP contribution < -0.4 is 0 Å². The van der Waals surface area contributed by atoms with Gasteiger partial charge >= 0.3 is 0 Å². The monoisotopic (exact) mass is 304 g/mol. The number of fused-ring (bicyclic) bond motifs is 1. The Hall–Kier alpha value is -2.02. The summed E-state index contributed by atoms with van der Waals surface area (Å²) in [5.74, 6) is 0.302. The molecule has 0 unspecified atom stereocenters. The Morgan fingerprint density at radius 3 is 2.91 bits per heavy atom. The molecule has 2 atom stereocenters. The largest absolute Gasteiger partial charge is 0.364 e. The molecule has 3 heterocycles. The molecule has 1 aromatic rings. The van der Waals surface area contributed by atoms with Gasteiger partial charge < -0.3 is 14.5 Å². The molecule has 22 heavy (non-hydrogen) atoms. The molecule has 2 fully saturated rings. The average Bonchev–Trinajstić information content (AvgIpc) is 2.94. The first-order valence-corrected chi connectivity index (χ1v) is 7.53. The fourth-order valence-corrected chi connectivity index (χ4v) is 3.06. The molecule has 0 aliphatic carbocycles. The lowest BCUT2D eigenvalue weighted by Crippen LogP contribution is -2.55. The molecule has 0 N–H and O–H groups in total. The summed E-state index contributed by atoms with van der Waals surface area (Å²) in [7, 11) is 0. The second kappa shape index (κ2) is 6.00. The van der Waals surface area contributed by atoms with Crippen molar-refractivity contribution in [2.24, 2.45) is 5.92 Å². The van der Waals surface area contributed by atoms with E-state index in [2.05, 4.69) is 24.0 Å². The molecular weight excluding hydrogens is 284 g/mol. The quantitative estimate of drug-likeness (QED) is 0.796. The molecule has 0 bridgehead atoms. The number of aromatic nitrogens is 2. The highest BCUT2D eigenvalue weighted by Crippen LogP contribution is 2.25. The molecule has 0 aromatic carbocycles. The number of ether oxygens (including phenoxy) is 1. The van der Waals surface area contributed by atoms with Crippen LogP contribution in [0.15, 0.2) is 18.5 Å². The molecule has 7 heteroatoms. The lowest BCUT2D eigenvalue weighted by Gasteiger charge is -2.37. The predicted octanol–water partition coefficient (Wildman–Crippen LogP) is 0.184. The molecule has 3 rings (SSSR count). The van der Waals surface area contributed by atoms with Gasteiger partial charge in [-0.2, -0.15) is 10.2 Å². The highest BCUT2D eigenvalue weighted by molar-refractivity contribution is 5.94. The van der Waals surface area contributed by atoms with Gasteiger partial charge in [0, 0.05) is 19.6 Å². The number of morpholine rings is 1. The van der Waals surface area contributed by atoms with Gasteiger partial charge in [-0.15, -0.1) is 0 Å². The summed E-state index contributed by atoms with van der Waals surface area (Å²) in [6, 6.07) is 1.59. The smallest absolute Gasteiger partial charge is 0.255 e. The fourth-order valence-electron chi connectivity index (χ4n) is 3.06. The Morgan fingerprint density at radius 2 is 2.23 bits per heavy atom. The van der Waals surface area contributed by atoms with Crippen LogP contribution in [0.2, 0.25) is 0 Å². The van der Waals surface area contributed by atoms with Crippen molar-refractivity contribution in [3.63, 3.8) is 0 Å². The van der Waals surface area contributed by atoms with Crippen LogP contribution in [0, 0.1) is 5.92 Å². The van der Waals surface area contributed by atoms with E-state index in [9.17, 15) is 9.59 Å². The SMILES string of the molecule is CC(C)CN1C(=O)CO[C@@H]2CN(C(=O)c3ccnnc3)C[C@@H]21. The standard InChI is InChI=1S/C15H20N4O3/c1-10(2)6-19-12-7-18(8-13(12)22-9-14(19)20)15(21)11-3-4-16-17-5-11/h3-5,10,12-13H,6-9H2,1-2H3/t12-,13+/m0/s1. The van der Waals surface area contributed by atoms with E-state index in [0.717, 1.165) is 0 Å². The average molecular weight is 304 g/mol. The van der Waals surface area contributed by atoms with Gasteiger partial charge in [-0.05, 0) is 12.0 Å². The van der Waals surface area contributed by atoms with Crippen molar-refractivity contribution >= 4 is 11.8 Å². The molecule has 0 spiro atoms. The topological polar surface area (TPSA) is 75.6 Å². The highest BCUT2D eigenvalue weighted by Gasteiger charge is 2.44. The Balaban J connectivity index is 1.74. The van der Waals surface area contributed by atoms with E-state index in [1.54, 1.807) is 11.0 Å². The van der Waals surface area contributed by atoms with E-state index in [4.69, 9.17) is 4.74 Å². The maximum Gasteiger partial charge on any atom is 0.255 e. The van der Waals surface area contributed by atoms with Crippen LogP contribution in [0.25, 0.3) is 0 Å². The summed E-state index contributed by atoms with van der Waals surface area (Å²) in [5.41, 5.74) is 0.510. The normalized spacial score (nSPS) is 24.8. The molecule has 0 radical (unpaired) electrons. The summed E-state index contributed by atoms with van der Waals surface area (Å²) < 4.78 is 5.63. The minimum Gasteiger partial charge on any atom is -0.364 e. The number of rotatable bonds is 3. The minimum atomic E-state index is -0.102. The molecule has 2 amide bonds. The van der Waals surface area contributed by atoms with Gasteiger partial charge in [0.2, 0.25) is 5.91 Å². The lowest BCUT2D eigenvalue weighted by molar-refractivity contribution is -0.153. The lowest BCUT2D eigenvalue weighted by atomic mass is 10.1. The van der Waals surface area contributed by atoms with Crippen molar-refractivity contribution in [1.29, 1.82) is 0 Å². The Morgan fingerprint density at radius 1 is 1.41 bits per heavy atom. The van der Waals surface area contributed by atoms with Crippen LogP contribution in [0.3, 0.4) is 0 Å². The van der Waals surface area contributed by atoms with E-state index >= 15 is 0 Å². The molecule has 2 aliphatic heterocycles. The zero-order valence-electron chi connectivity index (χ0n) is 12.8. The van der Waals surface area contributed by atoms with Gasteiger partial charge in [0.1, 0.15) is 6.61 Å². The van der Waals surface area contributed by atoms with E-state index in [1.807, 2.05) is 4.90 Å². The number of nitrogens with zero attached hydrogens (tertiary/aromatic N) is 4. The summed E-state index contributed by atoms with van der Waals surface area (Å²) in [6.45, 7) is 5.98. The van der Waals surface area contributed by atoms with Gasteiger partial charge in [0.05, 0.1) is 30.1 Å². The van der Waals surface area contributed by atoms with Crippen molar-refractivity contribution in [1.82, 2.24) is 20.0 Å². The maximum absolute atomic E-state index is 12.5. The first-order chi connectivity index (χ1) is 10.6. The third kappa shape index (κ3) is 2.81. The summed E-state index contributed by atoms with van der Waals surface area (Å²) in [6.07, 6.45) is 2.86. The van der Waals surface area contributed by atoms with Crippen LogP contribution in [-0.2, 0) is 9.53 Å². The molecular formula is C15H20N4O3. The number of hydrogen-bond acceptors (Lipinski definition) is 5. The second-order valence-electron chi connectivity index (χ2n) is 6.20. The highest BCUT2D eigenvalue weighted by atomic mass is 16.5. The van der Waals surface area contributed by atoms with Crippen LogP contribution in [0.1, 0.15) is 24.2 Å². The third-order valence-electron chi connectivity index (χ3n) is 4.06. The van der Waals surface area contributed by atoms with Crippen molar-refractivity contribution in [2.45, 2.75) is 26.0 Å². The fraction of sp³-hybridized carbons (Fsp3) is 0.600. The number of carbonyl (C=O) groups is 2. The zero-order valence-corrected chi connectivity index (χ0v) is 12.8. The van der Waals surface area contributed by atoms with Crippen LogP contribution >= 0.6 is 0 Å². The number of likely N-dealkylation sites (tertiary alicyclic amines) is 1. The van der Waals surface area contributed by atoms with E-state index in [-0.39, 0.29) is 30.6 Å². The summed E-state index contributed by atoms with van der Waals surface area (Å²) >= 11 is 0. The first-order valence-electron chi connectivity index (χ1n) is 7.53. The van der Waals surface area contributed by atoms with Gasteiger partial charge in [-0.3, -0.25) is 9.59 Å². The molecule has 2 saturated heterocycles. The second-order valence-corrected chi connectivity index (χ2v) is 6.20. The Labute approximate surface area is 129 Å². The molecule has 118 valence electrons. The van der Waals surface area contributed by atoms with E-state index in [0.29, 0.717) is 31.1 Å². The van der Waals surface area contributed by atoms with Crippen molar-refractivity contribution in [3.05, 3.63) is 24.0 Å². The van der Waals surface area contributed by atoms with Crippen molar-refractivity contribution in [2.75, 3.05) is 26.2 Å². The van der Waals surface area contributed by atoms with Crippen LogP contribution in [0.4, 0.5) is 0 Å². The van der Waals surface area contributed by atoms with Gasteiger partial charge in [-0.25, -0.2) is 0 Å². The molecule has 2 aliphatic rings. The Kier molecular flexibility index (Phi) is 4.06. The van der Waals surface area contributed by atoms with E-state index in [1.165, 1.54) is 12.4 Å². The number of carbonyl (C=O) groups excluding carboxylic acids is 2. The van der Waals surface area contributed by atoms with Crippen molar-refractivity contribution < 1.29 is 14.3 Å². The van der Waals surface area contributed by atoms with Gasteiger partial charge in [-0.1, -0.05) is 13.8 Å². The summed E-state index contributed by atoms with van der Waals surface area (Å²) in [4.78, 5) is 28.2. The van der Waals surface area contributed by atoms with Crippen LogP contribution in [-0.4, -0.2) is 70.2 Å². The van der Waals surface area contributed by atoms with Gasteiger partial charge in [0.15, 0.2) is 0 Å². The summed E-state index contributed by atoms with van der Waals surface area (Å²) in [5, 5.41) is 7.42. The molecule has 0 saturated carbocycles. The van der Waals surface area contributed by atoms with Crippen molar-refractivity contribution in [3.8, 4) is 0 Å². The van der Waals surface area contributed by atoms with E-state index < -0.39 is 0 Å². The number of amides is 2. The van der Waals surface area contributed by atoms with Crippen LogP contribution in [0.5, 0.6) is 0 Å². The maximum atomic E-state index is 12.5. The molecule has 7 nitrogen and oxygen atoms in total. The minimum absolute atomic E-state index is 0.00910. The third-order valence-corrected chi connectivity index (χ3v) is 4.06. The molecule has 1 aromatic heterocycles.